The number of aromatic nitrogens is 2. The van der Waals surface area contributed by atoms with Crippen molar-refractivity contribution >= 4 is 33.6 Å². The molecule has 4 aromatic rings. The summed E-state index contributed by atoms with van der Waals surface area (Å²) in [5, 5.41) is 2.51. The van der Waals surface area contributed by atoms with Gasteiger partial charge in [-0.15, -0.1) is 0 Å². The third-order valence-corrected chi connectivity index (χ3v) is 9.54. The molecule has 1 fully saturated rings. The van der Waals surface area contributed by atoms with E-state index in [4.69, 9.17) is 4.74 Å². The highest BCUT2D eigenvalue weighted by molar-refractivity contribution is 6.11. The second kappa shape index (κ2) is 8.86. The lowest BCUT2D eigenvalue weighted by atomic mass is 9.81. The van der Waals surface area contributed by atoms with E-state index in [-0.39, 0.29) is 11.9 Å². The minimum Gasteiger partial charge on any atom is -0.465 e. The van der Waals surface area contributed by atoms with Gasteiger partial charge in [0.15, 0.2) is 5.78 Å². The van der Waals surface area contributed by atoms with Crippen molar-refractivity contribution in [2.24, 2.45) is 11.8 Å². The molecule has 1 atom stereocenters. The smallest absolute Gasteiger partial charge is 0.337 e. The number of methoxy groups -OCH3 is 1. The monoisotopic (exact) mass is 508 g/mol. The zero-order chi connectivity index (χ0) is 26.1. The number of aryl methyl sites for hydroxylation is 2. The Hall–Kier alpha value is -3.34. The fourth-order valence-electron chi connectivity index (χ4n) is 7.74. The van der Waals surface area contributed by atoms with Crippen molar-refractivity contribution < 1.29 is 14.3 Å². The van der Waals surface area contributed by atoms with Gasteiger partial charge in [0.2, 0.25) is 0 Å². The largest absolute Gasteiger partial charge is 0.465 e. The molecule has 1 saturated carbocycles. The Balaban J connectivity index is 1.54. The van der Waals surface area contributed by atoms with E-state index in [1.165, 1.54) is 77.9 Å². The molecule has 2 aliphatic carbocycles. The van der Waals surface area contributed by atoms with Gasteiger partial charge >= 0.3 is 5.97 Å². The van der Waals surface area contributed by atoms with E-state index in [1.54, 1.807) is 0 Å². The van der Waals surface area contributed by atoms with Gasteiger partial charge in [-0.05, 0) is 60.8 Å². The zero-order valence-electron chi connectivity index (χ0n) is 22.7. The number of hydrogen-bond acceptors (Lipinski definition) is 3. The highest BCUT2D eigenvalue weighted by Crippen LogP contribution is 2.48. The number of rotatable bonds is 3. The number of ether oxygens (including phenoxy) is 1. The van der Waals surface area contributed by atoms with Crippen LogP contribution in [0.3, 0.4) is 0 Å². The Morgan fingerprint density at radius 2 is 1.74 bits per heavy atom. The van der Waals surface area contributed by atoms with Crippen LogP contribution in [0.1, 0.15) is 90.3 Å². The molecule has 38 heavy (non-hydrogen) atoms. The molecule has 0 N–H and O–H groups in total. The Morgan fingerprint density at radius 1 is 0.947 bits per heavy atom. The fraction of sp³-hybridized carbons (Fsp3) is 0.455. The van der Waals surface area contributed by atoms with Crippen LogP contribution in [0.25, 0.3) is 33.1 Å². The summed E-state index contributed by atoms with van der Waals surface area (Å²) in [6.45, 7) is 6.03. The third-order valence-electron chi connectivity index (χ3n) is 9.54. The Labute approximate surface area is 223 Å². The van der Waals surface area contributed by atoms with Gasteiger partial charge in [0.05, 0.1) is 29.6 Å². The van der Waals surface area contributed by atoms with Gasteiger partial charge in [-0.2, -0.15) is 0 Å². The van der Waals surface area contributed by atoms with Gasteiger partial charge < -0.3 is 13.9 Å². The number of fused-ring (bicyclic) bond motifs is 7. The summed E-state index contributed by atoms with van der Waals surface area (Å²) < 4.78 is 9.92. The molecule has 1 unspecified atom stereocenters. The van der Waals surface area contributed by atoms with Crippen LogP contribution in [0.2, 0.25) is 0 Å². The number of esters is 1. The molecule has 0 radical (unpaired) electrons. The van der Waals surface area contributed by atoms with Gasteiger partial charge in [0, 0.05) is 40.9 Å². The molecule has 0 spiro atoms. The van der Waals surface area contributed by atoms with Crippen LogP contribution in [0.15, 0.2) is 36.4 Å². The summed E-state index contributed by atoms with van der Waals surface area (Å²) >= 11 is 0. The predicted molar refractivity (Wildman–Crippen MR) is 151 cm³/mol. The van der Waals surface area contributed by atoms with Crippen molar-refractivity contribution in [3.05, 3.63) is 58.8 Å². The molecule has 5 nitrogen and oxygen atoms in total. The number of hydrogen-bond donors (Lipinski definition) is 0. The number of carbonyl (C=O) groups is 2. The van der Waals surface area contributed by atoms with Crippen molar-refractivity contribution in [3.8, 4) is 11.3 Å². The quantitative estimate of drug-likeness (QED) is 0.269. The lowest BCUT2D eigenvalue weighted by Gasteiger charge is -2.25. The molecule has 2 aromatic carbocycles. The third kappa shape index (κ3) is 3.30. The molecule has 196 valence electrons. The van der Waals surface area contributed by atoms with Crippen molar-refractivity contribution in [3.63, 3.8) is 0 Å². The average Bonchev–Trinajstić information content (AvgIpc) is 3.55. The summed E-state index contributed by atoms with van der Waals surface area (Å²) in [5.41, 5.74) is 9.14. The number of Topliss-reactive ketones (excluding diaryl/α,β-unsaturated/α-hetero) is 1. The van der Waals surface area contributed by atoms with Crippen LogP contribution >= 0.6 is 0 Å². The van der Waals surface area contributed by atoms with E-state index in [0.29, 0.717) is 23.2 Å². The van der Waals surface area contributed by atoms with Crippen molar-refractivity contribution in [2.75, 3.05) is 7.11 Å². The van der Waals surface area contributed by atoms with Gasteiger partial charge in [0.1, 0.15) is 0 Å². The summed E-state index contributed by atoms with van der Waals surface area (Å²) in [6, 6.07) is 12.8. The average molecular weight is 509 g/mol. The van der Waals surface area contributed by atoms with E-state index in [9.17, 15) is 9.59 Å². The molecular weight excluding hydrogens is 472 g/mol. The molecule has 5 heteroatoms. The standard InChI is InChI=1S/C33H36N2O3/c1-19(2)25-18-26-22-11-7-12-24-29(22)35(31(26)32(25)36)16-8-15-34-27-17-21(33(37)38-3)13-14-23(27)28(30(24)34)20-9-5-4-6-10-20/h7,11-14,17,19-20,25H,4-6,8-10,15-16,18H2,1-3H3. The van der Waals surface area contributed by atoms with Crippen LogP contribution < -0.4 is 0 Å². The molecular formula is C33H36N2O3. The van der Waals surface area contributed by atoms with Crippen LogP contribution in [0.4, 0.5) is 0 Å². The summed E-state index contributed by atoms with van der Waals surface area (Å²) in [6.07, 6.45) is 8.02. The maximum Gasteiger partial charge on any atom is 0.337 e. The maximum atomic E-state index is 13.7. The predicted octanol–water partition coefficient (Wildman–Crippen LogP) is 7.51. The highest BCUT2D eigenvalue weighted by Gasteiger charge is 2.39. The molecule has 0 saturated heterocycles. The fourth-order valence-corrected chi connectivity index (χ4v) is 7.74. The molecule has 2 aromatic heterocycles. The minimum atomic E-state index is -0.293. The van der Waals surface area contributed by atoms with E-state index in [2.05, 4.69) is 47.2 Å². The highest BCUT2D eigenvalue weighted by atomic mass is 16.5. The molecule has 0 bridgehead atoms. The van der Waals surface area contributed by atoms with Crippen molar-refractivity contribution in [2.45, 2.75) is 77.8 Å². The molecule has 3 aliphatic rings. The van der Waals surface area contributed by atoms with Crippen LogP contribution in [0.5, 0.6) is 0 Å². The number of ketones is 1. The second-order valence-electron chi connectivity index (χ2n) is 11.9. The first-order valence-electron chi connectivity index (χ1n) is 14.4. The Bertz CT molecular complexity index is 1610. The van der Waals surface area contributed by atoms with Crippen molar-refractivity contribution in [1.29, 1.82) is 0 Å². The van der Waals surface area contributed by atoms with Crippen molar-refractivity contribution in [1.82, 2.24) is 9.13 Å². The summed E-state index contributed by atoms with van der Waals surface area (Å²) in [4.78, 5) is 26.2. The van der Waals surface area contributed by atoms with Gasteiger partial charge in [-0.1, -0.05) is 57.4 Å². The number of benzene rings is 2. The Morgan fingerprint density at radius 3 is 2.50 bits per heavy atom. The van der Waals surface area contributed by atoms with Gasteiger partial charge in [-0.3, -0.25) is 4.79 Å². The van der Waals surface area contributed by atoms with Crippen LogP contribution in [-0.4, -0.2) is 28.0 Å². The second-order valence-corrected chi connectivity index (χ2v) is 11.9. The van der Waals surface area contributed by atoms with E-state index in [0.717, 1.165) is 37.1 Å². The molecule has 0 amide bonds. The normalized spacial score (nSPS) is 19.6. The van der Waals surface area contributed by atoms with Gasteiger partial charge in [-0.25, -0.2) is 4.79 Å². The van der Waals surface area contributed by atoms with Crippen LogP contribution in [-0.2, 0) is 24.2 Å². The maximum absolute atomic E-state index is 13.7. The first-order valence-corrected chi connectivity index (χ1v) is 14.4. The van der Waals surface area contributed by atoms with E-state index >= 15 is 0 Å². The minimum absolute atomic E-state index is 0.0863. The lowest BCUT2D eigenvalue weighted by Crippen LogP contribution is -2.20. The Kier molecular flexibility index (Phi) is 5.54. The molecule has 7 rings (SSSR count). The van der Waals surface area contributed by atoms with E-state index < -0.39 is 0 Å². The molecule has 1 aliphatic heterocycles. The van der Waals surface area contributed by atoms with Gasteiger partial charge in [0.25, 0.3) is 0 Å². The first kappa shape index (κ1) is 23.8. The molecule has 3 heterocycles. The number of carbonyl (C=O) groups excluding carboxylic acids is 2. The topological polar surface area (TPSA) is 53.2 Å². The SMILES string of the molecule is COC(=O)c1ccc2c(C3CCCCC3)c3n(c2c1)CCCn1c2c(c4cccc-3c41)CC(C(C)C)C2=O. The first-order chi connectivity index (χ1) is 18.5. The number of para-hydroxylation sites is 1. The summed E-state index contributed by atoms with van der Waals surface area (Å²) in [7, 11) is 1.45. The van der Waals surface area contributed by atoms with Crippen LogP contribution in [0, 0.1) is 11.8 Å². The number of nitrogens with zero attached hydrogens (tertiary/aromatic N) is 2. The van der Waals surface area contributed by atoms with E-state index in [1.807, 2.05) is 12.1 Å². The summed E-state index contributed by atoms with van der Waals surface area (Å²) in [5.74, 6) is 0.970. The zero-order valence-corrected chi connectivity index (χ0v) is 22.7. The lowest BCUT2D eigenvalue weighted by molar-refractivity contribution is 0.0600.